The lowest BCUT2D eigenvalue weighted by Gasteiger charge is -2.31. The predicted molar refractivity (Wildman–Crippen MR) is 122 cm³/mol. The molecule has 5 heteroatoms. The molecule has 6 rings (SSSR count). The van der Waals surface area contributed by atoms with Gasteiger partial charge in [0.15, 0.2) is 0 Å². The molecule has 5 nitrogen and oxygen atoms in total. The second-order valence-electron chi connectivity index (χ2n) is 8.01. The van der Waals surface area contributed by atoms with Crippen molar-refractivity contribution in [2.24, 2.45) is 0 Å². The third-order valence-corrected chi connectivity index (χ3v) is 6.16. The number of rotatable bonds is 1. The highest BCUT2D eigenvalue weighted by Gasteiger charge is 2.35. The van der Waals surface area contributed by atoms with E-state index in [0.717, 1.165) is 32.7 Å². The molecule has 0 amide bonds. The molecule has 5 aromatic carbocycles. The molecule has 0 saturated carbocycles. The fourth-order valence-corrected chi connectivity index (χ4v) is 4.78. The summed E-state index contributed by atoms with van der Waals surface area (Å²) in [7, 11) is 0. The van der Waals surface area contributed by atoms with Gasteiger partial charge in [-0.1, -0.05) is 30.3 Å². The molecule has 0 radical (unpaired) electrons. The average Bonchev–Trinajstić information content (AvgIpc) is 2.77. The van der Waals surface area contributed by atoms with E-state index < -0.39 is 5.92 Å². The number of phenols is 4. The second-order valence-corrected chi connectivity index (χ2v) is 8.01. The van der Waals surface area contributed by atoms with Gasteiger partial charge >= 0.3 is 0 Å². The highest BCUT2D eigenvalue weighted by atomic mass is 16.5. The predicted octanol–water partition coefficient (Wildman–Crippen LogP) is 6.10. The standard InChI is InChI=1S/C27H18O5/c28-16-8-4-14-6-10-22-24(18(14)12-16)27(26-20(30)2-1-3-21(26)31)25-19-13-17(29)9-5-15(19)7-11-23(25)32-22/h1-13,27-31H. The molecule has 32 heavy (non-hydrogen) atoms. The van der Waals surface area contributed by atoms with E-state index in [1.165, 1.54) is 12.1 Å². The van der Waals surface area contributed by atoms with Gasteiger partial charge in [-0.25, -0.2) is 0 Å². The van der Waals surface area contributed by atoms with Gasteiger partial charge in [0.1, 0.15) is 34.5 Å². The lowest BCUT2D eigenvalue weighted by molar-refractivity contribution is 0.425. The summed E-state index contributed by atoms with van der Waals surface area (Å²) in [6, 6.07) is 22.4. The minimum atomic E-state index is -0.606. The van der Waals surface area contributed by atoms with Gasteiger partial charge in [-0.15, -0.1) is 0 Å². The average molecular weight is 422 g/mol. The Morgan fingerprint density at radius 3 is 1.50 bits per heavy atom. The Labute approximate surface area is 183 Å². The summed E-state index contributed by atoms with van der Waals surface area (Å²) in [5.74, 6) is 0.641. The molecule has 0 fully saturated rings. The van der Waals surface area contributed by atoms with Crippen molar-refractivity contribution >= 4 is 21.5 Å². The summed E-state index contributed by atoms with van der Waals surface area (Å²) < 4.78 is 6.28. The van der Waals surface area contributed by atoms with E-state index >= 15 is 0 Å². The highest BCUT2D eigenvalue weighted by molar-refractivity contribution is 5.96. The van der Waals surface area contributed by atoms with E-state index in [4.69, 9.17) is 4.74 Å². The Hall–Kier alpha value is -4.38. The van der Waals surface area contributed by atoms with Gasteiger partial charge in [0.2, 0.25) is 0 Å². The zero-order valence-corrected chi connectivity index (χ0v) is 16.8. The number of aromatic hydroxyl groups is 4. The Morgan fingerprint density at radius 1 is 0.531 bits per heavy atom. The summed E-state index contributed by atoms with van der Waals surface area (Å²) in [5.41, 5.74) is 1.78. The number of hydrogen-bond acceptors (Lipinski definition) is 5. The maximum Gasteiger partial charge on any atom is 0.132 e. The molecule has 0 bridgehead atoms. The molecule has 1 heterocycles. The molecule has 156 valence electrons. The van der Waals surface area contributed by atoms with E-state index in [1.807, 2.05) is 36.4 Å². The molecular formula is C27H18O5. The van der Waals surface area contributed by atoms with Crippen LogP contribution in [0, 0.1) is 0 Å². The third-order valence-electron chi connectivity index (χ3n) is 6.16. The van der Waals surface area contributed by atoms with Crippen molar-refractivity contribution in [3.05, 3.63) is 95.6 Å². The van der Waals surface area contributed by atoms with Crippen molar-refractivity contribution in [2.75, 3.05) is 0 Å². The molecule has 0 aromatic heterocycles. The van der Waals surface area contributed by atoms with Crippen LogP contribution in [0.2, 0.25) is 0 Å². The van der Waals surface area contributed by atoms with Gasteiger partial charge < -0.3 is 25.2 Å². The Balaban J connectivity index is 1.81. The third kappa shape index (κ3) is 2.58. The normalized spacial score (nSPS) is 13.0. The van der Waals surface area contributed by atoms with Crippen LogP contribution in [0.1, 0.15) is 22.6 Å². The minimum Gasteiger partial charge on any atom is -0.508 e. The molecule has 4 N–H and O–H groups in total. The van der Waals surface area contributed by atoms with Crippen LogP contribution in [0.4, 0.5) is 0 Å². The van der Waals surface area contributed by atoms with Crippen molar-refractivity contribution in [1.29, 1.82) is 0 Å². The Morgan fingerprint density at radius 2 is 1.00 bits per heavy atom. The summed E-state index contributed by atoms with van der Waals surface area (Å²) in [4.78, 5) is 0. The van der Waals surface area contributed by atoms with Crippen LogP contribution in [0.25, 0.3) is 21.5 Å². The summed E-state index contributed by atoms with van der Waals surface area (Å²) in [5, 5.41) is 45.4. The van der Waals surface area contributed by atoms with E-state index in [-0.39, 0.29) is 23.0 Å². The number of phenolic OH excluding ortho intramolecular Hbond substituents is 4. The van der Waals surface area contributed by atoms with Gasteiger partial charge in [-0.2, -0.15) is 0 Å². The molecule has 0 aliphatic carbocycles. The monoisotopic (exact) mass is 422 g/mol. The van der Waals surface area contributed by atoms with Gasteiger partial charge in [0, 0.05) is 22.6 Å². The second kappa shape index (κ2) is 6.56. The number of benzene rings is 5. The Bertz CT molecular complexity index is 1440. The van der Waals surface area contributed by atoms with Crippen molar-refractivity contribution in [3.8, 4) is 34.5 Å². The van der Waals surface area contributed by atoms with Crippen LogP contribution in [-0.2, 0) is 0 Å². The maximum atomic E-state index is 10.8. The molecule has 0 spiro atoms. The fourth-order valence-electron chi connectivity index (χ4n) is 4.78. The van der Waals surface area contributed by atoms with Crippen LogP contribution < -0.4 is 4.74 Å². The van der Waals surface area contributed by atoms with Crippen LogP contribution >= 0.6 is 0 Å². The van der Waals surface area contributed by atoms with E-state index in [0.29, 0.717) is 17.1 Å². The van der Waals surface area contributed by atoms with E-state index in [1.54, 1.807) is 30.3 Å². The van der Waals surface area contributed by atoms with Gasteiger partial charge in [-0.3, -0.25) is 0 Å². The first kappa shape index (κ1) is 18.4. The molecule has 0 atom stereocenters. The number of hydrogen-bond donors (Lipinski definition) is 4. The molecule has 1 aliphatic rings. The number of ether oxygens (including phenoxy) is 1. The summed E-state index contributed by atoms with van der Waals surface area (Å²) >= 11 is 0. The largest absolute Gasteiger partial charge is 0.508 e. The first-order valence-electron chi connectivity index (χ1n) is 10.2. The topological polar surface area (TPSA) is 90.2 Å². The van der Waals surface area contributed by atoms with E-state index in [2.05, 4.69) is 0 Å². The quantitative estimate of drug-likeness (QED) is 0.257. The van der Waals surface area contributed by atoms with Crippen LogP contribution in [0.3, 0.4) is 0 Å². The summed E-state index contributed by atoms with van der Waals surface area (Å²) in [6.07, 6.45) is 0. The van der Waals surface area contributed by atoms with Crippen LogP contribution in [-0.4, -0.2) is 20.4 Å². The lowest BCUT2D eigenvalue weighted by Crippen LogP contribution is -2.13. The smallest absolute Gasteiger partial charge is 0.132 e. The summed E-state index contributed by atoms with van der Waals surface area (Å²) in [6.45, 7) is 0. The molecule has 0 saturated heterocycles. The minimum absolute atomic E-state index is 0.0527. The molecular weight excluding hydrogens is 404 g/mol. The molecule has 0 unspecified atom stereocenters. The van der Waals surface area contributed by atoms with Crippen molar-refractivity contribution < 1.29 is 25.2 Å². The van der Waals surface area contributed by atoms with Crippen molar-refractivity contribution in [3.63, 3.8) is 0 Å². The van der Waals surface area contributed by atoms with Gasteiger partial charge in [0.05, 0.1) is 0 Å². The van der Waals surface area contributed by atoms with Crippen molar-refractivity contribution in [1.82, 2.24) is 0 Å². The highest BCUT2D eigenvalue weighted by Crippen LogP contribution is 2.55. The van der Waals surface area contributed by atoms with E-state index in [9.17, 15) is 20.4 Å². The maximum absolute atomic E-state index is 10.8. The van der Waals surface area contributed by atoms with Crippen molar-refractivity contribution in [2.45, 2.75) is 5.92 Å². The lowest BCUT2D eigenvalue weighted by atomic mass is 9.78. The SMILES string of the molecule is Oc1ccc2ccc3c(c2c1)C(c1c(O)cccc1O)c1c(ccc2ccc(O)cc12)O3. The zero-order valence-electron chi connectivity index (χ0n) is 16.8. The van der Waals surface area contributed by atoms with Gasteiger partial charge in [0.25, 0.3) is 0 Å². The Kier molecular flexibility index (Phi) is 3.77. The first-order valence-corrected chi connectivity index (χ1v) is 10.2. The first-order chi connectivity index (χ1) is 15.5. The van der Waals surface area contributed by atoms with Gasteiger partial charge in [-0.05, 0) is 70.1 Å². The van der Waals surface area contributed by atoms with Crippen LogP contribution in [0.15, 0.2) is 78.9 Å². The zero-order chi connectivity index (χ0) is 22.0. The molecule has 1 aliphatic heterocycles. The molecule has 5 aromatic rings. The fraction of sp³-hybridized carbons (Fsp3) is 0.0370. The number of fused-ring (bicyclic) bond motifs is 6. The van der Waals surface area contributed by atoms with Crippen LogP contribution in [0.5, 0.6) is 34.5 Å².